The van der Waals surface area contributed by atoms with Crippen LogP contribution in [0.4, 0.5) is 5.69 Å². The second-order valence-electron chi connectivity index (χ2n) is 8.60. The molecule has 3 aromatic rings. The van der Waals surface area contributed by atoms with Gasteiger partial charge in [-0.15, -0.1) is 0 Å². The first-order chi connectivity index (χ1) is 16.3. The number of carbonyl (C=O) groups is 1. The molecule has 0 bridgehead atoms. The number of rotatable bonds is 5. The van der Waals surface area contributed by atoms with Gasteiger partial charge in [-0.05, 0) is 48.4 Å². The summed E-state index contributed by atoms with van der Waals surface area (Å²) in [5, 5.41) is 19.4. The highest BCUT2D eigenvalue weighted by molar-refractivity contribution is 6.42. The van der Waals surface area contributed by atoms with E-state index in [0.717, 1.165) is 11.1 Å². The molecule has 0 aromatic heterocycles. The molecule has 1 amide bonds. The van der Waals surface area contributed by atoms with Crippen LogP contribution in [0.1, 0.15) is 29.5 Å². The lowest BCUT2D eigenvalue weighted by Crippen LogP contribution is -2.54. The Bertz CT molecular complexity index is 1280. The lowest BCUT2D eigenvalue weighted by atomic mass is 9.78. The molecule has 1 fully saturated rings. The molecule has 2 aliphatic rings. The lowest BCUT2D eigenvalue weighted by molar-refractivity contribution is -0.532. The number of hydrogen-bond donors (Lipinski definition) is 2. The molecule has 1 saturated heterocycles. The first-order valence-electron chi connectivity index (χ1n) is 10.8. The van der Waals surface area contributed by atoms with Crippen molar-refractivity contribution in [1.29, 1.82) is 0 Å². The number of halogens is 2. The van der Waals surface area contributed by atoms with E-state index < -0.39 is 23.4 Å². The number of carbonyl (C=O) groups excluding carboxylic acids is 1. The van der Waals surface area contributed by atoms with Crippen LogP contribution in [-0.2, 0) is 16.9 Å². The molecule has 9 heteroatoms. The molecule has 0 aliphatic carbocycles. The molecule has 0 unspecified atom stereocenters. The predicted molar refractivity (Wildman–Crippen MR) is 130 cm³/mol. The largest absolute Gasteiger partial charge is 0.489 e. The van der Waals surface area contributed by atoms with Crippen molar-refractivity contribution in [3.8, 4) is 5.75 Å². The Labute approximate surface area is 206 Å². The summed E-state index contributed by atoms with van der Waals surface area (Å²) in [4.78, 5) is 25.1. The Balaban J connectivity index is 1.41. The smallest absolute Gasteiger partial charge is 0.256 e. The third-order valence-electron chi connectivity index (χ3n) is 6.62. The maximum absolute atomic E-state index is 13.1. The zero-order valence-corrected chi connectivity index (χ0v) is 19.6. The van der Waals surface area contributed by atoms with Crippen molar-refractivity contribution in [2.24, 2.45) is 0 Å². The molecular weight excluding hydrogens is 477 g/mol. The SMILES string of the molecule is C[C@@H]1N[C@]2(C(=O)Nc3ccccc32)[C@@H]([N+](=O)[O-])[C@H]1c1ccc(OCc2ccc(Cl)c(Cl)c2)cc1. The van der Waals surface area contributed by atoms with Gasteiger partial charge in [0.25, 0.3) is 11.9 Å². The topological polar surface area (TPSA) is 93.5 Å². The molecular formula is C25H21Cl2N3O4. The molecule has 4 atom stereocenters. The van der Waals surface area contributed by atoms with Crippen LogP contribution in [-0.4, -0.2) is 22.9 Å². The molecule has 2 N–H and O–H groups in total. The quantitative estimate of drug-likeness (QED) is 0.375. The fourth-order valence-corrected chi connectivity index (χ4v) is 5.46. The molecule has 5 rings (SSSR count). The van der Waals surface area contributed by atoms with Gasteiger partial charge in [0.15, 0.2) is 5.54 Å². The fourth-order valence-electron chi connectivity index (χ4n) is 5.14. The third-order valence-corrected chi connectivity index (χ3v) is 7.36. The summed E-state index contributed by atoms with van der Waals surface area (Å²) in [5.41, 5.74) is 1.42. The summed E-state index contributed by atoms with van der Waals surface area (Å²) in [6, 6.07) is 18.1. The molecule has 7 nitrogen and oxygen atoms in total. The van der Waals surface area contributed by atoms with Gasteiger partial charge in [-0.2, -0.15) is 0 Å². The van der Waals surface area contributed by atoms with Gasteiger partial charge in [-0.1, -0.05) is 59.6 Å². The molecule has 2 aliphatic heterocycles. The van der Waals surface area contributed by atoms with E-state index in [2.05, 4.69) is 10.6 Å². The molecule has 2 heterocycles. The number of ether oxygens (including phenoxy) is 1. The Morgan fingerprint density at radius 3 is 2.50 bits per heavy atom. The Morgan fingerprint density at radius 1 is 1.06 bits per heavy atom. The van der Waals surface area contributed by atoms with Crippen LogP contribution in [0, 0.1) is 10.1 Å². The highest BCUT2D eigenvalue weighted by atomic mass is 35.5. The second-order valence-corrected chi connectivity index (χ2v) is 9.42. The number of nitrogens with zero attached hydrogens (tertiary/aromatic N) is 1. The van der Waals surface area contributed by atoms with Crippen molar-refractivity contribution < 1.29 is 14.5 Å². The van der Waals surface area contributed by atoms with Gasteiger partial charge in [0, 0.05) is 22.2 Å². The first kappa shape index (κ1) is 22.7. The van der Waals surface area contributed by atoms with Crippen LogP contribution in [0.3, 0.4) is 0 Å². The summed E-state index contributed by atoms with van der Waals surface area (Å²) in [7, 11) is 0. The molecule has 3 aromatic carbocycles. The van der Waals surface area contributed by atoms with Gasteiger partial charge in [0.2, 0.25) is 0 Å². The number of fused-ring (bicyclic) bond motifs is 2. The van der Waals surface area contributed by atoms with E-state index in [4.69, 9.17) is 27.9 Å². The van der Waals surface area contributed by atoms with Crippen molar-refractivity contribution >= 4 is 34.8 Å². The van der Waals surface area contributed by atoms with Gasteiger partial charge < -0.3 is 10.1 Å². The van der Waals surface area contributed by atoms with Gasteiger partial charge >= 0.3 is 0 Å². The third kappa shape index (κ3) is 3.60. The van der Waals surface area contributed by atoms with E-state index in [9.17, 15) is 14.9 Å². The van der Waals surface area contributed by atoms with Crippen molar-refractivity contribution in [1.82, 2.24) is 5.32 Å². The second kappa shape index (κ2) is 8.58. The summed E-state index contributed by atoms with van der Waals surface area (Å²) in [6.07, 6.45) is 0. The van der Waals surface area contributed by atoms with Gasteiger partial charge in [-0.3, -0.25) is 20.2 Å². The number of para-hydroxylation sites is 1. The van der Waals surface area contributed by atoms with Crippen LogP contribution >= 0.6 is 23.2 Å². The molecule has 34 heavy (non-hydrogen) atoms. The summed E-state index contributed by atoms with van der Waals surface area (Å²) < 4.78 is 5.85. The highest BCUT2D eigenvalue weighted by Crippen LogP contribution is 2.49. The van der Waals surface area contributed by atoms with E-state index in [-0.39, 0.29) is 11.0 Å². The van der Waals surface area contributed by atoms with Gasteiger partial charge in [-0.25, -0.2) is 0 Å². The van der Waals surface area contributed by atoms with Crippen molar-refractivity contribution in [3.05, 3.63) is 104 Å². The van der Waals surface area contributed by atoms with Crippen LogP contribution in [0.5, 0.6) is 5.75 Å². The average Bonchev–Trinajstić information content (AvgIpc) is 3.29. The molecule has 174 valence electrons. The minimum Gasteiger partial charge on any atom is -0.489 e. The Kier molecular flexibility index (Phi) is 5.72. The fraction of sp³-hybridized carbons (Fsp3) is 0.240. The standard InChI is InChI=1S/C25H21Cl2N3O4/c1-14-22(16-7-9-17(10-8-16)34-13-15-6-11-19(26)20(27)12-15)23(30(32)33)25(29-14)18-4-2-3-5-21(18)28-24(25)31/h2-12,14,22-23,29H,13H2,1H3,(H,28,31)/t14-,22+,23-,25-/m0/s1. The van der Waals surface area contributed by atoms with Crippen molar-refractivity contribution in [2.75, 3.05) is 5.32 Å². The van der Waals surface area contributed by atoms with E-state index in [0.29, 0.717) is 33.7 Å². The maximum Gasteiger partial charge on any atom is 0.256 e. The summed E-state index contributed by atoms with van der Waals surface area (Å²) >= 11 is 12.0. The number of anilines is 1. The lowest BCUT2D eigenvalue weighted by Gasteiger charge is -2.25. The summed E-state index contributed by atoms with van der Waals surface area (Å²) in [5.74, 6) is -0.299. The van der Waals surface area contributed by atoms with Crippen LogP contribution in [0.2, 0.25) is 10.0 Å². The molecule has 0 saturated carbocycles. The minimum atomic E-state index is -1.42. The molecule has 0 radical (unpaired) electrons. The monoisotopic (exact) mass is 497 g/mol. The normalized spacial score (nSPS) is 25.3. The van der Waals surface area contributed by atoms with E-state index in [1.807, 2.05) is 25.1 Å². The number of hydrogen-bond acceptors (Lipinski definition) is 5. The van der Waals surface area contributed by atoms with Crippen LogP contribution in [0.15, 0.2) is 66.7 Å². The number of nitrogens with one attached hydrogen (secondary N) is 2. The van der Waals surface area contributed by atoms with E-state index in [1.165, 1.54) is 0 Å². The zero-order chi connectivity index (χ0) is 24.0. The molecule has 1 spiro atoms. The van der Waals surface area contributed by atoms with E-state index >= 15 is 0 Å². The van der Waals surface area contributed by atoms with Crippen molar-refractivity contribution in [3.63, 3.8) is 0 Å². The van der Waals surface area contributed by atoms with Crippen LogP contribution in [0.25, 0.3) is 0 Å². The van der Waals surface area contributed by atoms with Gasteiger partial charge in [0.1, 0.15) is 12.4 Å². The minimum absolute atomic E-state index is 0.301. The maximum atomic E-state index is 13.1. The van der Waals surface area contributed by atoms with Crippen LogP contribution < -0.4 is 15.4 Å². The number of benzene rings is 3. The highest BCUT2D eigenvalue weighted by Gasteiger charge is 2.67. The zero-order valence-electron chi connectivity index (χ0n) is 18.1. The first-order valence-corrected chi connectivity index (χ1v) is 11.6. The Hall–Kier alpha value is -3.13. The predicted octanol–water partition coefficient (Wildman–Crippen LogP) is 5.14. The average molecular weight is 498 g/mol. The van der Waals surface area contributed by atoms with Crippen molar-refractivity contribution in [2.45, 2.75) is 37.1 Å². The van der Waals surface area contributed by atoms with E-state index in [1.54, 1.807) is 48.5 Å². The van der Waals surface area contributed by atoms with Gasteiger partial charge in [0.05, 0.1) is 16.0 Å². The summed E-state index contributed by atoms with van der Waals surface area (Å²) in [6.45, 7) is 2.17. The number of amides is 1. The number of nitro groups is 1. The Morgan fingerprint density at radius 2 is 1.79 bits per heavy atom.